The monoisotopic (exact) mass is 452 g/mol. The lowest BCUT2D eigenvalue weighted by molar-refractivity contribution is -0.118. The molecule has 3 aromatic carbocycles. The van der Waals surface area contributed by atoms with Crippen LogP contribution in [0, 0.1) is 0 Å². The van der Waals surface area contributed by atoms with Crippen molar-refractivity contribution in [1.29, 1.82) is 0 Å². The van der Waals surface area contributed by atoms with Crippen LogP contribution in [0.1, 0.15) is 0 Å². The molecule has 5 rings (SSSR count). The summed E-state index contributed by atoms with van der Waals surface area (Å²) in [4.78, 5) is 25.7. The molecule has 34 heavy (non-hydrogen) atoms. The number of fused-ring (bicyclic) bond motifs is 1. The smallest absolute Gasteiger partial charge is 0.262 e. The van der Waals surface area contributed by atoms with Crippen molar-refractivity contribution in [3.8, 4) is 28.7 Å². The van der Waals surface area contributed by atoms with Crippen molar-refractivity contribution in [1.82, 2.24) is 24.7 Å². The van der Waals surface area contributed by atoms with E-state index in [4.69, 9.17) is 9.47 Å². The van der Waals surface area contributed by atoms with Crippen LogP contribution >= 0.6 is 0 Å². The zero-order valence-corrected chi connectivity index (χ0v) is 18.3. The predicted molar refractivity (Wildman–Crippen MR) is 127 cm³/mol. The van der Waals surface area contributed by atoms with E-state index >= 15 is 0 Å². The van der Waals surface area contributed by atoms with Crippen LogP contribution in [-0.2, 0) is 4.79 Å². The third-order valence-electron chi connectivity index (χ3n) is 5.09. The van der Waals surface area contributed by atoms with Gasteiger partial charge in [-0.3, -0.25) is 4.79 Å². The van der Waals surface area contributed by atoms with Gasteiger partial charge in [0.15, 0.2) is 12.4 Å². The summed E-state index contributed by atoms with van der Waals surface area (Å²) in [5.41, 5.74) is 3.05. The van der Waals surface area contributed by atoms with Crippen LogP contribution in [0.15, 0.2) is 85.5 Å². The Hall–Kier alpha value is -4.79. The zero-order valence-electron chi connectivity index (χ0n) is 18.3. The maximum Gasteiger partial charge on any atom is 0.262 e. The second kappa shape index (κ2) is 9.37. The van der Waals surface area contributed by atoms with Crippen molar-refractivity contribution in [2.75, 3.05) is 19.0 Å². The number of aromatic nitrogens is 5. The lowest BCUT2D eigenvalue weighted by Crippen LogP contribution is -2.20. The Balaban J connectivity index is 1.37. The van der Waals surface area contributed by atoms with Gasteiger partial charge < -0.3 is 14.8 Å². The average molecular weight is 452 g/mol. The Kier molecular flexibility index (Phi) is 5.81. The predicted octanol–water partition coefficient (Wildman–Crippen LogP) is 3.90. The van der Waals surface area contributed by atoms with Gasteiger partial charge in [0.1, 0.15) is 18.4 Å². The number of nitrogens with one attached hydrogen (secondary N) is 1. The highest BCUT2D eigenvalue weighted by Gasteiger charge is 2.13. The Bertz CT molecular complexity index is 1420. The lowest BCUT2D eigenvalue weighted by atomic mass is 10.1. The molecule has 2 heterocycles. The molecule has 0 aliphatic carbocycles. The number of methoxy groups -OCH3 is 1. The quantitative estimate of drug-likeness (QED) is 0.399. The van der Waals surface area contributed by atoms with Crippen molar-refractivity contribution < 1.29 is 14.3 Å². The summed E-state index contributed by atoms with van der Waals surface area (Å²) in [5, 5.41) is 7.66. The molecule has 0 aliphatic heterocycles. The minimum absolute atomic E-state index is 0.197. The van der Waals surface area contributed by atoms with Crippen LogP contribution in [-0.4, -0.2) is 44.4 Å². The van der Waals surface area contributed by atoms with Gasteiger partial charge in [-0.1, -0.05) is 12.1 Å². The van der Waals surface area contributed by atoms with Gasteiger partial charge in [-0.2, -0.15) is 10.1 Å². The van der Waals surface area contributed by atoms with E-state index in [2.05, 4.69) is 25.4 Å². The third-order valence-corrected chi connectivity index (χ3v) is 5.09. The van der Waals surface area contributed by atoms with Crippen LogP contribution < -0.4 is 14.8 Å². The molecule has 0 bridgehead atoms. The molecule has 0 saturated carbocycles. The number of ether oxygens (including phenoxy) is 2. The fourth-order valence-electron chi connectivity index (χ4n) is 3.40. The molecule has 0 unspecified atom stereocenters. The maximum atomic E-state index is 12.5. The zero-order chi connectivity index (χ0) is 23.3. The minimum atomic E-state index is -0.299. The second-order valence-corrected chi connectivity index (χ2v) is 7.32. The highest BCUT2D eigenvalue weighted by Crippen LogP contribution is 2.27. The van der Waals surface area contributed by atoms with Gasteiger partial charge in [-0.25, -0.2) is 14.6 Å². The molecule has 0 aliphatic rings. The van der Waals surface area contributed by atoms with Crippen LogP contribution in [0.5, 0.6) is 11.6 Å². The molecule has 9 heteroatoms. The summed E-state index contributed by atoms with van der Waals surface area (Å²) in [6.45, 7) is -0.197. The number of nitrogens with zero attached hydrogens (tertiary/aromatic N) is 5. The van der Waals surface area contributed by atoms with E-state index < -0.39 is 0 Å². The van der Waals surface area contributed by atoms with Crippen molar-refractivity contribution >= 4 is 22.5 Å². The first-order chi connectivity index (χ1) is 16.7. The average Bonchev–Trinajstić information content (AvgIpc) is 3.43. The molecular formula is C25H20N6O3. The SMILES string of the molecule is COc1ccc(NC(=O)COc2nc(-c3ccc(-n4cncn4)cc3)nc3ccccc23)cc1. The first-order valence-corrected chi connectivity index (χ1v) is 10.5. The molecule has 2 aromatic heterocycles. The van der Waals surface area contributed by atoms with Crippen LogP contribution in [0.3, 0.4) is 0 Å². The summed E-state index contributed by atoms with van der Waals surface area (Å²) in [6.07, 6.45) is 3.11. The maximum absolute atomic E-state index is 12.5. The fraction of sp³-hybridized carbons (Fsp3) is 0.0800. The lowest BCUT2D eigenvalue weighted by Gasteiger charge is -2.11. The van der Waals surface area contributed by atoms with Crippen molar-refractivity contribution in [2.45, 2.75) is 0 Å². The number of rotatable bonds is 7. The van der Waals surface area contributed by atoms with Crippen LogP contribution in [0.25, 0.3) is 28.0 Å². The van der Waals surface area contributed by atoms with E-state index in [1.165, 1.54) is 6.33 Å². The molecule has 0 atom stereocenters. The highest BCUT2D eigenvalue weighted by atomic mass is 16.5. The van der Waals surface area contributed by atoms with Crippen molar-refractivity contribution in [3.05, 3.63) is 85.5 Å². The van der Waals surface area contributed by atoms with E-state index in [0.29, 0.717) is 23.1 Å². The summed E-state index contributed by atoms with van der Waals surface area (Å²) in [7, 11) is 1.59. The van der Waals surface area contributed by atoms with E-state index in [-0.39, 0.29) is 12.5 Å². The molecule has 0 saturated heterocycles. The van der Waals surface area contributed by atoms with Gasteiger partial charge in [0.2, 0.25) is 5.88 Å². The number of benzene rings is 3. The Morgan fingerprint density at radius 1 is 0.971 bits per heavy atom. The van der Waals surface area contributed by atoms with Crippen molar-refractivity contribution in [3.63, 3.8) is 0 Å². The highest BCUT2D eigenvalue weighted by molar-refractivity contribution is 5.92. The number of carbonyl (C=O) groups excluding carboxylic acids is 1. The minimum Gasteiger partial charge on any atom is -0.497 e. The molecule has 0 radical (unpaired) electrons. The van der Waals surface area contributed by atoms with Gasteiger partial charge in [0, 0.05) is 11.3 Å². The van der Waals surface area contributed by atoms with Gasteiger partial charge in [-0.15, -0.1) is 0 Å². The van der Waals surface area contributed by atoms with E-state index in [0.717, 1.165) is 22.2 Å². The summed E-state index contributed by atoms with van der Waals surface area (Å²) < 4.78 is 12.6. The largest absolute Gasteiger partial charge is 0.497 e. The number of amides is 1. The van der Waals surface area contributed by atoms with Gasteiger partial charge in [0.25, 0.3) is 5.91 Å². The summed E-state index contributed by atoms with van der Waals surface area (Å²) >= 11 is 0. The van der Waals surface area contributed by atoms with E-state index in [1.54, 1.807) is 42.4 Å². The van der Waals surface area contributed by atoms with Gasteiger partial charge in [0.05, 0.1) is 23.7 Å². The Morgan fingerprint density at radius 3 is 2.50 bits per heavy atom. The van der Waals surface area contributed by atoms with Crippen molar-refractivity contribution in [2.24, 2.45) is 0 Å². The van der Waals surface area contributed by atoms with Gasteiger partial charge >= 0.3 is 0 Å². The molecule has 0 fully saturated rings. The first-order valence-electron chi connectivity index (χ1n) is 10.5. The first kappa shape index (κ1) is 21.1. The normalized spacial score (nSPS) is 10.7. The molecule has 0 spiro atoms. The number of carbonyl (C=O) groups is 1. The fourth-order valence-corrected chi connectivity index (χ4v) is 3.40. The number of hydrogen-bond donors (Lipinski definition) is 1. The standard InChI is InChI=1S/C25H20N6O3/c1-33-20-12-8-18(9-13-20)28-23(32)14-34-25-21-4-2-3-5-22(21)29-24(30-25)17-6-10-19(11-7-17)31-16-26-15-27-31/h2-13,15-16H,14H2,1H3,(H,28,32). The van der Waals surface area contributed by atoms with E-state index in [1.807, 2.05) is 48.5 Å². The molecule has 1 N–H and O–H groups in total. The summed E-state index contributed by atoms with van der Waals surface area (Å²) in [6, 6.07) is 22.2. The second-order valence-electron chi connectivity index (χ2n) is 7.32. The molecule has 1 amide bonds. The number of anilines is 1. The Labute approximate surface area is 195 Å². The van der Waals surface area contributed by atoms with E-state index in [9.17, 15) is 4.79 Å². The molecule has 5 aromatic rings. The van der Waals surface area contributed by atoms with Crippen LogP contribution in [0.2, 0.25) is 0 Å². The Morgan fingerprint density at radius 2 is 1.76 bits per heavy atom. The molecule has 168 valence electrons. The summed E-state index contributed by atoms with van der Waals surface area (Å²) in [5.74, 6) is 1.25. The topological polar surface area (TPSA) is 104 Å². The number of para-hydroxylation sites is 1. The van der Waals surface area contributed by atoms with Gasteiger partial charge in [-0.05, 0) is 60.7 Å². The molecule has 9 nitrogen and oxygen atoms in total. The number of hydrogen-bond acceptors (Lipinski definition) is 7. The van der Waals surface area contributed by atoms with Crippen LogP contribution in [0.4, 0.5) is 5.69 Å². The molecular weight excluding hydrogens is 432 g/mol. The third kappa shape index (κ3) is 4.53.